The first kappa shape index (κ1) is 19.0. The number of carboxylic acids is 1. The first-order valence-electron chi connectivity index (χ1n) is 9.08. The summed E-state index contributed by atoms with van der Waals surface area (Å²) in [5.41, 5.74) is 0.923. The molecular formula is C20H25FN2O2S. The van der Waals surface area contributed by atoms with Crippen LogP contribution in [0.3, 0.4) is 0 Å². The highest BCUT2D eigenvalue weighted by atomic mass is 32.1. The number of rotatable bonds is 7. The normalized spacial score (nSPS) is 16.3. The van der Waals surface area contributed by atoms with Crippen LogP contribution in [-0.2, 0) is 11.3 Å². The molecule has 4 nitrogen and oxygen atoms in total. The molecule has 1 aliphatic rings. The number of hydrogen-bond acceptors (Lipinski definition) is 4. The highest BCUT2D eigenvalue weighted by Gasteiger charge is 2.25. The van der Waals surface area contributed by atoms with Gasteiger partial charge in [0.25, 0.3) is 0 Å². The Balaban J connectivity index is 1.54. The van der Waals surface area contributed by atoms with Crippen LogP contribution in [0.15, 0.2) is 36.4 Å². The number of likely N-dealkylation sites (N-methyl/N-ethyl adjacent to an activating group) is 1. The van der Waals surface area contributed by atoms with Crippen LogP contribution >= 0.6 is 11.3 Å². The SMILES string of the molecule is CCN(CC(=O)O)C1CCN(Cc2ccc(-c3cccc(F)c3)s2)CC1. The molecule has 26 heavy (non-hydrogen) atoms. The van der Waals surface area contributed by atoms with Gasteiger partial charge in [-0.25, -0.2) is 4.39 Å². The van der Waals surface area contributed by atoms with Gasteiger partial charge in [0.1, 0.15) is 5.82 Å². The number of likely N-dealkylation sites (tertiary alicyclic amines) is 1. The summed E-state index contributed by atoms with van der Waals surface area (Å²) in [5.74, 6) is -0.959. The second-order valence-electron chi connectivity index (χ2n) is 6.74. The minimum absolute atomic E-state index is 0.128. The van der Waals surface area contributed by atoms with Crippen LogP contribution in [0.5, 0.6) is 0 Å². The molecule has 2 heterocycles. The number of benzene rings is 1. The maximum Gasteiger partial charge on any atom is 0.317 e. The van der Waals surface area contributed by atoms with Gasteiger partial charge in [0.15, 0.2) is 0 Å². The van der Waals surface area contributed by atoms with E-state index in [-0.39, 0.29) is 12.4 Å². The molecule has 1 fully saturated rings. The maximum absolute atomic E-state index is 13.4. The highest BCUT2D eigenvalue weighted by Crippen LogP contribution is 2.30. The summed E-state index contributed by atoms with van der Waals surface area (Å²) in [6.07, 6.45) is 2.01. The lowest BCUT2D eigenvalue weighted by Crippen LogP contribution is -2.46. The van der Waals surface area contributed by atoms with Crippen molar-refractivity contribution in [2.45, 2.75) is 32.4 Å². The Hall–Kier alpha value is -1.76. The third-order valence-electron chi connectivity index (χ3n) is 4.97. The van der Waals surface area contributed by atoms with E-state index in [1.807, 2.05) is 13.0 Å². The molecule has 0 spiro atoms. The minimum Gasteiger partial charge on any atom is -0.480 e. The molecule has 3 rings (SSSR count). The van der Waals surface area contributed by atoms with E-state index in [1.165, 1.54) is 10.9 Å². The van der Waals surface area contributed by atoms with Gasteiger partial charge in [-0.15, -0.1) is 11.3 Å². The number of aliphatic carboxylic acids is 1. The fourth-order valence-electron chi connectivity index (χ4n) is 3.60. The van der Waals surface area contributed by atoms with E-state index in [9.17, 15) is 9.18 Å². The quantitative estimate of drug-likeness (QED) is 0.795. The molecule has 1 aromatic carbocycles. The van der Waals surface area contributed by atoms with Crippen molar-refractivity contribution < 1.29 is 14.3 Å². The molecule has 1 N–H and O–H groups in total. The number of piperidine rings is 1. The van der Waals surface area contributed by atoms with Crippen LogP contribution in [0.4, 0.5) is 4.39 Å². The van der Waals surface area contributed by atoms with Gasteiger partial charge < -0.3 is 5.11 Å². The Morgan fingerprint density at radius 1 is 1.31 bits per heavy atom. The van der Waals surface area contributed by atoms with Crippen molar-refractivity contribution in [3.8, 4) is 10.4 Å². The van der Waals surface area contributed by atoms with Crippen molar-refractivity contribution in [1.29, 1.82) is 0 Å². The zero-order valence-corrected chi connectivity index (χ0v) is 15.8. The Morgan fingerprint density at radius 2 is 2.08 bits per heavy atom. The van der Waals surface area contributed by atoms with Crippen LogP contribution in [0.2, 0.25) is 0 Å². The molecule has 0 radical (unpaired) electrons. The second kappa shape index (κ2) is 8.75. The Bertz CT molecular complexity index is 741. The molecule has 2 aromatic rings. The van der Waals surface area contributed by atoms with E-state index >= 15 is 0 Å². The lowest BCUT2D eigenvalue weighted by Gasteiger charge is -2.37. The molecule has 140 valence electrons. The minimum atomic E-state index is -0.752. The zero-order chi connectivity index (χ0) is 18.5. The van der Waals surface area contributed by atoms with Gasteiger partial charge in [0.05, 0.1) is 6.54 Å². The molecule has 0 amide bonds. The van der Waals surface area contributed by atoms with Crippen LogP contribution in [0, 0.1) is 5.82 Å². The van der Waals surface area contributed by atoms with E-state index < -0.39 is 5.97 Å². The number of nitrogens with zero attached hydrogens (tertiary/aromatic N) is 2. The van der Waals surface area contributed by atoms with Crippen molar-refractivity contribution in [1.82, 2.24) is 9.80 Å². The Kier molecular flexibility index (Phi) is 6.40. The Labute approximate surface area is 157 Å². The van der Waals surface area contributed by atoms with Crippen molar-refractivity contribution in [3.05, 3.63) is 47.1 Å². The molecule has 0 aliphatic carbocycles. The monoisotopic (exact) mass is 376 g/mol. The number of carboxylic acid groups (broad SMARTS) is 1. The molecule has 6 heteroatoms. The highest BCUT2D eigenvalue weighted by molar-refractivity contribution is 7.15. The summed E-state index contributed by atoms with van der Waals surface area (Å²) in [4.78, 5) is 17.8. The summed E-state index contributed by atoms with van der Waals surface area (Å²) >= 11 is 1.71. The van der Waals surface area contributed by atoms with Crippen molar-refractivity contribution in [3.63, 3.8) is 0 Å². The van der Waals surface area contributed by atoms with Crippen molar-refractivity contribution >= 4 is 17.3 Å². The van der Waals surface area contributed by atoms with E-state index in [1.54, 1.807) is 23.5 Å². The molecule has 1 aromatic heterocycles. The van der Waals surface area contributed by atoms with Gasteiger partial charge in [-0.3, -0.25) is 14.6 Å². The first-order chi connectivity index (χ1) is 12.5. The topological polar surface area (TPSA) is 43.8 Å². The first-order valence-corrected chi connectivity index (χ1v) is 9.89. The number of halogens is 1. The maximum atomic E-state index is 13.4. The van der Waals surface area contributed by atoms with E-state index in [4.69, 9.17) is 5.11 Å². The van der Waals surface area contributed by atoms with E-state index in [2.05, 4.69) is 21.9 Å². The van der Waals surface area contributed by atoms with Gasteiger partial charge in [-0.1, -0.05) is 19.1 Å². The average molecular weight is 376 g/mol. The molecular weight excluding hydrogens is 351 g/mol. The van der Waals surface area contributed by atoms with Gasteiger partial charge in [0, 0.05) is 35.4 Å². The summed E-state index contributed by atoms with van der Waals surface area (Å²) in [6.45, 7) is 5.79. The van der Waals surface area contributed by atoms with Crippen LogP contribution in [0.1, 0.15) is 24.6 Å². The molecule has 0 unspecified atom stereocenters. The summed E-state index contributed by atoms with van der Waals surface area (Å²) in [5, 5.41) is 9.03. The average Bonchev–Trinajstić information content (AvgIpc) is 3.09. The summed E-state index contributed by atoms with van der Waals surface area (Å²) < 4.78 is 13.4. The van der Waals surface area contributed by atoms with Gasteiger partial charge >= 0.3 is 5.97 Å². The molecule has 1 saturated heterocycles. The smallest absolute Gasteiger partial charge is 0.317 e. The summed E-state index contributed by atoms with van der Waals surface area (Å²) in [6, 6.07) is 11.3. The lowest BCUT2D eigenvalue weighted by molar-refractivity contribution is -0.139. The third kappa shape index (κ3) is 4.90. The van der Waals surface area contributed by atoms with E-state index in [0.717, 1.165) is 49.5 Å². The number of hydrogen-bond donors (Lipinski definition) is 1. The number of thiophene rings is 1. The van der Waals surface area contributed by atoms with Gasteiger partial charge in [-0.05, 0) is 49.2 Å². The lowest BCUT2D eigenvalue weighted by atomic mass is 10.0. The largest absolute Gasteiger partial charge is 0.480 e. The van der Waals surface area contributed by atoms with E-state index in [0.29, 0.717) is 6.04 Å². The van der Waals surface area contributed by atoms with Gasteiger partial charge in [0.2, 0.25) is 0 Å². The molecule has 0 bridgehead atoms. The fourth-order valence-corrected chi connectivity index (χ4v) is 4.64. The predicted octanol–water partition coefficient (Wildman–Crippen LogP) is 3.93. The fraction of sp³-hybridized carbons (Fsp3) is 0.450. The van der Waals surface area contributed by atoms with Gasteiger partial charge in [-0.2, -0.15) is 0 Å². The number of carbonyl (C=O) groups is 1. The van der Waals surface area contributed by atoms with Crippen LogP contribution in [-0.4, -0.2) is 53.1 Å². The predicted molar refractivity (Wildman–Crippen MR) is 103 cm³/mol. The van der Waals surface area contributed by atoms with Crippen LogP contribution in [0.25, 0.3) is 10.4 Å². The summed E-state index contributed by atoms with van der Waals surface area (Å²) in [7, 11) is 0. The Morgan fingerprint density at radius 3 is 2.73 bits per heavy atom. The standard InChI is InChI=1S/C20H25FN2O2S/c1-2-23(14-20(24)25)17-8-10-22(11-9-17)13-18-6-7-19(26-18)15-4-3-5-16(21)12-15/h3-7,12,17H,2,8-11,13-14H2,1H3,(H,24,25). The zero-order valence-electron chi connectivity index (χ0n) is 15.0. The van der Waals surface area contributed by atoms with Crippen molar-refractivity contribution in [2.75, 3.05) is 26.2 Å². The molecule has 0 atom stereocenters. The molecule has 1 aliphatic heterocycles. The third-order valence-corrected chi connectivity index (χ3v) is 6.09. The second-order valence-corrected chi connectivity index (χ2v) is 7.91. The van der Waals surface area contributed by atoms with Crippen LogP contribution < -0.4 is 0 Å². The molecule has 0 saturated carbocycles. The van der Waals surface area contributed by atoms with Crippen molar-refractivity contribution in [2.24, 2.45) is 0 Å².